The Morgan fingerprint density at radius 2 is 1.92 bits per heavy atom. The van der Waals surface area contributed by atoms with Crippen LogP contribution in [0.3, 0.4) is 0 Å². The van der Waals surface area contributed by atoms with Gasteiger partial charge >= 0.3 is 10.3 Å². The van der Waals surface area contributed by atoms with Gasteiger partial charge in [0.05, 0.1) is 10.5 Å². The van der Waals surface area contributed by atoms with Gasteiger partial charge in [0.25, 0.3) is 5.69 Å². The summed E-state index contributed by atoms with van der Waals surface area (Å²) >= 11 is 0. The molecule has 10 heteroatoms. The number of ether oxygens (including phenoxy) is 2. The summed E-state index contributed by atoms with van der Waals surface area (Å²) in [6.07, 6.45) is -0.667. The SMILES string of the molecule is CCC1(CC)O[C@H](c2ccccc2[N+](=O)[O-])[C@@H](CNS(=O)(=O)O)O1. The van der Waals surface area contributed by atoms with Crippen molar-refractivity contribution in [2.75, 3.05) is 6.54 Å². The molecule has 1 heterocycles. The van der Waals surface area contributed by atoms with Gasteiger partial charge in [0.2, 0.25) is 0 Å². The normalized spacial score (nSPS) is 23.3. The summed E-state index contributed by atoms with van der Waals surface area (Å²) in [6, 6.07) is 6.07. The van der Waals surface area contributed by atoms with Crippen molar-refractivity contribution in [3.05, 3.63) is 39.9 Å². The molecule has 24 heavy (non-hydrogen) atoms. The summed E-state index contributed by atoms with van der Waals surface area (Å²) in [5.41, 5.74) is 0.166. The standard InChI is InChI=1S/C14H20N2O7S/c1-3-14(4-2)22-12(9-15-24(19,20)21)13(23-14)10-7-5-6-8-11(10)16(17)18/h5-8,12-13,15H,3-4,9H2,1-2H3,(H,19,20,21)/t12-,13-/m1/s1. The third-order valence-electron chi connectivity index (χ3n) is 4.03. The molecule has 2 rings (SSSR count). The molecule has 1 aliphatic rings. The number of para-hydroxylation sites is 1. The summed E-state index contributed by atoms with van der Waals surface area (Å²) < 4.78 is 44.5. The highest BCUT2D eigenvalue weighted by Crippen LogP contribution is 2.44. The van der Waals surface area contributed by atoms with Gasteiger partial charge in [-0.1, -0.05) is 26.0 Å². The van der Waals surface area contributed by atoms with Crippen LogP contribution in [0.15, 0.2) is 24.3 Å². The van der Waals surface area contributed by atoms with Crippen LogP contribution in [0.5, 0.6) is 0 Å². The highest BCUT2D eigenvalue weighted by molar-refractivity contribution is 7.83. The van der Waals surface area contributed by atoms with E-state index in [9.17, 15) is 18.5 Å². The zero-order valence-electron chi connectivity index (χ0n) is 13.3. The van der Waals surface area contributed by atoms with E-state index < -0.39 is 33.2 Å². The van der Waals surface area contributed by atoms with Gasteiger partial charge in [-0.05, 0) is 18.9 Å². The minimum Gasteiger partial charge on any atom is -0.342 e. The smallest absolute Gasteiger partial charge is 0.333 e. The summed E-state index contributed by atoms with van der Waals surface area (Å²) in [6.45, 7) is 3.43. The molecule has 2 N–H and O–H groups in total. The van der Waals surface area contributed by atoms with Gasteiger partial charge in [-0.15, -0.1) is 0 Å². The largest absolute Gasteiger partial charge is 0.342 e. The molecule has 0 aliphatic carbocycles. The quantitative estimate of drug-likeness (QED) is 0.432. The van der Waals surface area contributed by atoms with E-state index in [4.69, 9.17) is 14.0 Å². The molecular weight excluding hydrogens is 340 g/mol. The average Bonchev–Trinajstić information content (AvgIpc) is 2.92. The first kappa shape index (κ1) is 18.7. The molecule has 1 aromatic rings. The summed E-state index contributed by atoms with van der Waals surface area (Å²) in [5, 5.41) is 11.3. The molecular formula is C14H20N2O7S. The third kappa shape index (κ3) is 4.08. The van der Waals surface area contributed by atoms with Crippen LogP contribution in [0.1, 0.15) is 38.4 Å². The first-order valence-corrected chi connectivity index (χ1v) is 8.96. The molecule has 0 spiro atoms. The highest BCUT2D eigenvalue weighted by atomic mass is 32.2. The lowest BCUT2D eigenvalue weighted by atomic mass is 10.0. The van der Waals surface area contributed by atoms with Gasteiger partial charge in [0, 0.05) is 12.6 Å². The lowest BCUT2D eigenvalue weighted by Crippen LogP contribution is -2.36. The van der Waals surface area contributed by atoms with Crippen LogP contribution in [0.25, 0.3) is 0 Å². The van der Waals surface area contributed by atoms with Crippen LogP contribution in [0.4, 0.5) is 5.69 Å². The van der Waals surface area contributed by atoms with E-state index >= 15 is 0 Å². The van der Waals surface area contributed by atoms with Crippen molar-refractivity contribution >= 4 is 16.0 Å². The van der Waals surface area contributed by atoms with Gasteiger partial charge < -0.3 is 9.47 Å². The average molecular weight is 360 g/mol. The zero-order valence-corrected chi connectivity index (χ0v) is 14.2. The number of nitrogens with zero attached hydrogens (tertiary/aromatic N) is 1. The Balaban J connectivity index is 2.38. The number of nitro groups is 1. The predicted molar refractivity (Wildman–Crippen MR) is 84.7 cm³/mol. The van der Waals surface area contributed by atoms with Crippen molar-refractivity contribution < 1.29 is 27.4 Å². The maximum Gasteiger partial charge on any atom is 0.333 e. The van der Waals surface area contributed by atoms with E-state index in [2.05, 4.69) is 0 Å². The fraction of sp³-hybridized carbons (Fsp3) is 0.571. The Morgan fingerprint density at radius 1 is 1.29 bits per heavy atom. The van der Waals surface area contributed by atoms with Crippen molar-refractivity contribution in [1.82, 2.24) is 4.72 Å². The molecule has 1 fully saturated rings. The van der Waals surface area contributed by atoms with Crippen molar-refractivity contribution in [3.63, 3.8) is 0 Å². The molecule has 0 amide bonds. The highest BCUT2D eigenvalue weighted by Gasteiger charge is 2.47. The van der Waals surface area contributed by atoms with Crippen molar-refractivity contribution in [1.29, 1.82) is 0 Å². The van der Waals surface area contributed by atoms with Crippen LogP contribution >= 0.6 is 0 Å². The summed E-state index contributed by atoms with van der Waals surface area (Å²) in [5.74, 6) is -0.958. The van der Waals surface area contributed by atoms with Crippen molar-refractivity contribution in [3.8, 4) is 0 Å². The van der Waals surface area contributed by atoms with Crippen LogP contribution in [0.2, 0.25) is 0 Å². The van der Waals surface area contributed by atoms with E-state index in [0.717, 1.165) is 0 Å². The van der Waals surface area contributed by atoms with Crippen molar-refractivity contribution in [2.45, 2.75) is 44.7 Å². The Kier molecular flexibility index (Phi) is 5.56. The molecule has 1 saturated heterocycles. The first-order chi connectivity index (χ1) is 11.2. The molecule has 0 aromatic heterocycles. The number of nitro benzene ring substituents is 1. The molecule has 134 valence electrons. The minimum atomic E-state index is -4.41. The van der Waals surface area contributed by atoms with E-state index in [0.29, 0.717) is 18.4 Å². The fourth-order valence-corrected chi connectivity index (χ4v) is 3.13. The Bertz CT molecular complexity index is 703. The van der Waals surface area contributed by atoms with Gasteiger partial charge in [-0.2, -0.15) is 13.1 Å². The minimum absolute atomic E-state index is 0.133. The molecule has 1 aliphatic heterocycles. The van der Waals surface area contributed by atoms with E-state index in [-0.39, 0.29) is 12.2 Å². The summed E-state index contributed by atoms with van der Waals surface area (Å²) in [7, 11) is -4.41. The maximum absolute atomic E-state index is 11.3. The van der Waals surface area contributed by atoms with Gasteiger partial charge in [-0.25, -0.2) is 0 Å². The van der Waals surface area contributed by atoms with Gasteiger partial charge in [-0.3, -0.25) is 14.7 Å². The number of benzene rings is 1. The topological polar surface area (TPSA) is 128 Å². The second-order valence-electron chi connectivity index (χ2n) is 5.45. The molecule has 2 atom stereocenters. The zero-order chi connectivity index (χ0) is 18.0. The Morgan fingerprint density at radius 3 is 2.46 bits per heavy atom. The number of hydrogen-bond donors (Lipinski definition) is 2. The number of nitrogens with one attached hydrogen (secondary N) is 1. The Labute approximate surface area is 140 Å². The van der Waals surface area contributed by atoms with E-state index in [1.165, 1.54) is 12.1 Å². The monoisotopic (exact) mass is 360 g/mol. The van der Waals surface area contributed by atoms with Crippen LogP contribution in [-0.4, -0.2) is 36.3 Å². The second-order valence-corrected chi connectivity index (χ2v) is 6.69. The number of rotatable bonds is 7. The molecule has 1 aromatic carbocycles. The second kappa shape index (κ2) is 7.11. The molecule has 0 saturated carbocycles. The molecule has 0 bridgehead atoms. The lowest BCUT2D eigenvalue weighted by molar-refractivity contribution is -0.386. The lowest BCUT2D eigenvalue weighted by Gasteiger charge is -2.25. The van der Waals surface area contributed by atoms with Gasteiger partial charge in [0.1, 0.15) is 12.2 Å². The predicted octanol–water partition coefficient (Wildman–Crippen LogP) is 1.96. The van der Waals surface area contributed by atoms with Crippen LogP contribution < -0.4 is 4.72 Å². The molecule has 0 unspecified atom stereocenters. The number of hydrogen-bond acceptors (Lipinski definition) is 6. The van der Waals surface area contributed by atoms with Gasteiger partial charge in [0.15, 0.2) is 5.79 Å². The van der Waals surface area contributed by atoms with Crippen LogP contribution in [-0.2, 0) is 19.8 Å². The van der Waals surface area contributed by atoms with Crippen molar-refractivity contribution in [2.24, 2.45) is 0 Å². The van der Waals surface area contributed by atoms with E-state index in [1.54, 1.807) is 12.1 Å². The molecule has 0 radical (unpaired) electrons. The maximum atomic E-state index is 11.3. The Hall–Kier alpha value is -1.59. The first-order valence-electron chi connectivity index (χ1n) is 7.52. The van der Waals surface area contributed by atoms with Crippen LogP contribution in [0, 0.1) is 10.1 Å². The third-order valence-corrected chi connectivity index (χ3v) is 4.56. The fourth-order valence-electron chi connectivity index (χ4n) is 2.75. The molecule has 9 nitrogen and oxygen atoms in total. The summed E-state index contributed by atoms with van der Waals surface area (Å²) in [4.78, 5) is 10.7. The van der Waals surface area contributed by atoms with E-state index in [1.807, 2.05) is 18.6 Å².